The van der Waals surface area contributed by atoms with Crippen molar-refractivity contribution < 1.29 is 19.8 Å². The van der Waals surface area contributed by atoms with Crippen molar-refractivity contribution in [2.45, 2.75) is 32.3 Å². The van der Waals surface area contributed by atoms with E-state index in [1.54, 1.807) is 0 Å². The molecule has 0 bridgehead atoms. The molecule has 0 aliphatic carbocycles. The third-order valence-electron chi connectivity index (χ3n) is 2.29. The second-order valence-electron chi connectivity index (χ2n) is 3.66. The molecule has 0 aliphatic heterocycles. The van der Waals surface area contributed by atoms with Crippen LogP contribution in [0.1, 0.15) is 26.2 Å². The van der Waals surface area contributed by atoms with Gasteiger partial charge in [0.15, 0.2) is 6.10 Å². The lowest BCUT2D eigenvalue weighted by atomic mass is 10.0. The van der Waals surface area contributed by atoms with E-state index in [4.69, 9.17) is 15.9 Å². The first kappa shape index (κ1) is 14.9. The molecular weight excluding hydrogens is 212 g/mol. The van der Waals surface area contributed by atoms with Gasteiger partial charge in [-0.1, -0.05) is 13.3 Å². The fraction of sp³-hybridized carbons (Fsp3) is 0.800. The van der Waals surface area contributed by atoms with Gasteiger partial charge in [0.05, 0.1) is 5.92 Å². The number of carbonyl (C=O) groups is 2. The van der Waals surface area contributed by atoms with Crippen molar-refractivity contribution in [1.29, 1.82) is 0 Å². The molecule has 0 aromatic carbocycles. The highest BCUT2D eigenvalue weighted by Crippen LogP contribution is 2.04. The molecule has 0 rings (SSSR count). The molecule has 0 radical (unpaired) electrons. The number of carboxylic acids is 1. The number of nitrogens with two attached hydrogens (primary N) is 1. The lowest BCUT2D eigenvalue weighted by molar-refractivity contribution is -0.147. The van der Waals surface area contributed by atoms with Crippen molar-refractivity contribution in [2.75, 3.05) is 13.1 Å². The summed E-state index contributed by atoms with van der Waals surface area (Å²) < 4.78 is 0. The SMILES string of the molecule is CCCC(CN)C(=O)NCCC(O)C(=O)O. The van der Waals surface area contributed by atoms with Crippen molar-refractivity contribution in [3.05, 3.63) is 0 Å². The van der Waals surface area contributed by atoms with Gasteiger partial charge in [-0.05, 0) is 6.42 Å². The monoisotopic (exact) mass is 232 g/mol. The molecule has 0 heterocycles. The Bertz CT molecular complexity index is 233. The highest BCUT2D eigenvalue weighted by atomic mass is 16.4. The van der Waals surface area contributed by atoms with Crippen LogP contribution in [0.2, 0.25) is 0 Å². The molecular formula is C10H20N2O4. The second kappa shape index (κ2) is 8.06. The minimum Gasteiger partial charge on any atom is -0.479 e. The Morgan fingerprint density at radius 3 is 2.44 bits per heavy atom. The van der Waals surface area contributed by atoms with E-state index in [9.17, 15) is 9.59 Å². The van der Waals surface area contributed by atoms with Crippen molar-refractivity contribution in [1.82, 2.24) is 5.32 Å². The highest BCUT2D eigenvalue weighted by Gasteiger charge is 2.17. The molecule has 0 aromatic rings. The van der Waals surface area contributed by atoms with E-state index in [-0.39, 0.29) is 31.3 Å². The maximum absolute atomic E-state index is 11.5. The Balaban J connectivity index is 3.83. The minimum absolute atomic E-state index is 0.00445. The number of aliphatic carboxylic acids is 1. The molecule has 6 heteroatoms. The minimum atomic E-state index is -1.43. The van der Waals surface area contributed by atoms with Crippen LogP contribution in [-0.2, 0) is 9.59 Å². The molecule has 0 aliphatic rings. The lowest BCUT2D eigenvalue weighted by Gasteiger charge is -2.14. The van der Waals surface area contributed by atoms with Gasteiger partial charge in [-0.2, -0.15) is 0 Å². The zero-order valence-corrected chi connectivity index (χ0v) is 9.48. The Hall–Kier alpha value is -1.14. The zero-order chi connectivity index (χ0) is 12.6. The summed E-state index contributed by atoms with van der Waals surface area (Å²) in [6.45, 7) is 2.39. The van der Waals surface area contributed by atoms with E-state index in [1.165, 1.54) is 0 Å². The fourth-order valence-corrected chi connectivity index (χ4v) is 1.30. The zero-order valence-electron chi connectivity index (χ0n) is 9.48. The molecule has 2 atom stereocenters. The van der Waals surface area contributed by atoms with Gasteiger partial charge in [0, 0.05) is 19.5 Å². The number of aliphatic hydroxyl groups is 1. The number of nitrogens with one attached hydrogen (secondary N) is 1. The van der Waals surface area contributed by atoms with Crippen LogP contribution >= 0.6 is 0 Å². The highest BCUT2D eigenvalue weighted by molar-refractivity contribution is 5.79. The van der Waals surface area contributed by atoms with Crippen LogP contribution in [0.25, 0.3) is 0 Å². The van der Waals surface area contributed by atoms with Gasteiger partial charge in [0.2, 0.25) is 5.91 Å². The van der Waals surface area contributed by atoms with Crippen molar-refractivity contribution in [3.8, 4) is 0 Å². The topological polar surface area (TPSA) is 113 Å². The average molecular weight is 232 g/mol. The predicted molar refractivity (Wildman–Crippen MR) is 58.7 cm³/mol. The van der Waals surface area contributed by atoms with Crippen molar-refractivity contribution in [2.24, 2.45) is 11.7 Å². The maximum atomic E-state index is 11.5. The van der Waals surface area contributed by atoms with Crippen LogP contribution in [-0.4, -0.2) is 41.3 Å². The van der Waals surface area contributed by atoms with E-state index in [0.717, 1.165) is 6.42 Å². The van der Waals surface area contributed by atoms with Crippen LogP contribution < -0.4 is 11.1 Å². The molecule has 6 nitrogen and oxygen atoms in total. The average Bonchev–Trinajstić information content (AvgIpc) is 2.25. The summed E-state index contributed by atoms with van der Waals surface area (Å²) in [6.07, 6.45) is 0.157. The Morgan fingerprint density at radius 1 is 1.38 bits per heavy atom. The number of aliphatic hydroxyl groups excluding tert-OH is 1. The number of carbonyl (C=O) groups excluding carboxylic acids is 1. The van der Waals surface area contributed by atoms with E-state index in [2.05, 4.69) is 5.32 Å². The normalized spacial score (nSPS) is 14.2. The molecule has 0 fully saturated rings. The number of hydrogen-bond acceptors (Lipinski definition) is 4. The van der Waals surface area contributed by atoms with Crippen molar-refractivity contribution in [3.63, 3.8) is 0 Å². The third kappa shape index (κ3) is 5.67. The molecule has 2 unspecified atom stereocenters. The Morgan fingerprint density at radius 2 is 2.00 bits per heavy atom. The molecule has 16 heavy (non-hydrogen) atoms. The third-order valence-corrected chi connectivity index (χ3v) is 2.29. The molecule has 0 saturated carbocycles. The fourth-order valence-electron chi connectivity index (χ4n) is 1.30. The molecule has 94 valence electrons. The largest absolute Gasteiger partial charge is 0.479 e. The smallest absolute Gasteiger partial charge is 0.332 e. The van der Waals surface area contributed by atoms with Crippen LogP contribution in [0, 0.1) is 5.92 Å². The quantitative estimate of drug-likeness (QED) is 0.442. The van der Waals surface area contributed by atoms with E-state index in [1.807, 2.05) is 6.92 Å². The first-order valence-electron chi connectivity index (χ1n) is 5.41. The Kier molecular flexibility index (Phi) is 7.49. The summed E-state index contributed by atoms with van der Waals surface area (Å²) in [6, 6.07) is 0. The molecule has 0 aromatic heterocycles. The number of amides is 1. The van der Waals surface area contributed by atoms with Gasteiger partial charge in [-0.3, -0.25) is 4.79 Å². The van der Waals surface area contributed by atoms with Gasteiger partial charge >= 0.3 is 5.97 Å². The van der Waals surface area contributed by atoms with Crippen LogP contribution in [0.5, 0.6) is 0 Å². The molecule has 5 N–H and O–H groups in total. The molecule has 0 saturated heterocycles. The van der Waals surface area contributed by atoms with E-state index >= 15 is 0 Å². The lowest BCUT2D eigenvalue weighted by Crippen LogP contribution is -2.37. The van der Waals surface area contributed by atoms with Gasteiger partial charge in [0.25, 0.3) is 0 Å². The number of rotatable bonds is 8. The summed E-state index contributed by atoms with van der Waals surface area (Å²) in [5, 5.41) is 19.9. The number of carboxylic acid groups (broad SMARTS) is 1. The van der Waals surface area contributed by atoms with Gasteiger partial charge < -0.3 is 21.3 Å². The summed E-state index contributed by atoms with van der Waals surface area (Å²) in [5.41, 5.74) is 5.44. The predicted octanol–water partition coefficient (Wildman–Crippen LogP) is -0.687. The van der Waals surface area contributed by atoms with Crippen LogP contribution in [0.4, 0.5) is 0 Å². The maximum Gasteiger partial charge on any atom is 0.332 e. The van der Waals surface area contributed by atoms with Gasteiger partial charge in [0.1, 0.15) is 0 Å². The van der Waals surface area contributed by atoms with Crippen LogP contribution in [0.3, 0.4) is 0 Å². The number of hydrogen-bond donors (Lipinski definition) is 4. The van der Waals surface area contributed by atoms with Crippen LogP contribution in [0.15, 0.2) is 0 Å². The second-order valence-corrected chi connectivity index (χ2v) is 3.66. The van der Waals surface area contributed by atoms with E-state index < -0.39 is 12.1 Å². The first-order chi connectivity index (χ1) is 7.52. The summed E-state index contributed by atoms with van der Waals surface area (Å²) in [5.74, 6) is -1.69. The molecule has 0 spiro atoms. The standard InChI is InChI=1S/C10H20N2O4/c1-2-3-7(6-11)9(14)12-5-4-8(13)10(15)16/h7-8,13H,2-6,11H2,1H3,(H,12,14)(H,15,16). The Labute approximate surface area is 94.8 Å². The van der Waals surface area contributed by atoms with Gasteiger partial charge in [-0.15, -0.1) is 0 Å². The summed E-state index contributed by atoms with van der Waals surface area (Å²) in [4.78, 5) is 21.8. The first-order valence-corrected chi connectivity index (χ1v) is 5.41. The van der Waals surface area contributed by atoms with Crippen molar-refractivity contribution >= 4 is 11.9 Å². The van der Waals surface area contributed by atoms with E-state index in [0.29, 0.717) is 6.42 Å². The van der Waals surface area contributed by atoms with Gasteiger partial charge in [-0.25, -0.2) is 4.79 Å². The molecule has 1 amide bonds. The summed E-state index contributed by atoms with van der Waals surface area (Å²) >= 11 is 0. The summed E-state index contributed by atoms with van der Waals surface area (Å²) in [7, 11) is 0.